The number of halogens is 11. The Hall–Kier alpha value is -2.51. The van der Waals surface area contributed by atoms with Gasteiger partial charge in [-0.25, -0.2) is 22.4 Å². The van der Waals surface area contributed by atoms with Crippen molar-refractivity contribution in [3.8, 4) is 0 Å². The first kappa shape index (κ1) is 27.7. The summed E-state index contributed by atoms with van der Waals surface area (Å²) in [7, 11) is 0. The molecule has 1 saturated carbocycles. The maximum Gasteiger partial charge on any atom is 0.490 e. The lowest BCUT2D eigenvalue weighted by Crippen LogP contribution is -2.25. The molecule has 4 nitrogen and oxygen atoms in total. The first-order chi connectivity index (χ1) is 15.3. The average Bonchev–Trinajstić information content (AvgIpc) is 3.24. The van der Waals surface area contributed by atoms with Crippen LogP contribution in [0.3, 0.4) is 0 Å². The fourth-order valence-electron chi connectivity index (χ4n) is 3.12. The van der Waals surface area contributed by atoms with Crippen molar-refractivity contribution in [3.05, 3.63) is 45.5 Å². The van der Waals surface area contributed by atoms with Crippen LogP contribution in [-0.2, 0) is 32.3 Å². The van der Waals surface area contributed by atoms with E-state index in [4.69, 9.17) is 11.6 Å². The van der Waals surface area contributed by atoms with E-state index >= 15 is 0 Å². The third-order valence-electron chi connectivity index (χ3n) is 5.14. The number of esters is 2. The van der Waals surface area contributed by atoms with Crippen LogP contribution in [-0.4, -0.2) is 24.3 Å². The first-order valence-corrected chi connectivity index (χ1v) is 9.38. The largest absolute Gasteiger partial charge is 0.490 e. The topological polar surface area (TPSA) is 52.6 Å². The summed E-state index contributed by atoms with van der Waals surface area (Å²) in [6.07, 6.45) is -9.86. The molecule has 1 fully saturated rings. The van der Waals surface area contributed by atoms with Crippen molar-refractivity contribution >= 4 is 23.5 Å². The summed E-state index contributed by atoms with van der Waals surface area (Å²) in [5.74, 6) is -15.1. The highest BCUT2D eigenvalue weighted by Crippen LogP contribution is 2.60. The Labute approximate surface area is 189 Å². The van der Waals surface area contributed by atoms with Gasteiger partial charge in [-0.05, 0) is 11.3 Å². The Bertz CT molecular complexity index is 1000. The van der Waals surface area contributed by atoms with Gasteiger partial charge in [-0.2, -0.15) is 26.3 Å². The Morgan fingerprint density at radius 2 is 1.26 bits per heavy atom. The molecule has 0 bridgehead atoms. The van der Waals surface area contributed by atoms with E-state index in [0.29, 0.717) is 6.08 Å². The van der Waals surface area contributed by atoms with Crippen LogP contribution in [0.2, 0.25) is 0 Å². The number of rotatable bonds is 6. The lowest BCUT2D eigenvalue weighted by molar-refractivity contribution is -0.201. The second kappa shape index (κ2) is 9.27. The molecule has 0 unspecified atom stereocenters. The fraction of sp³-hybridized carbons (Fsp3) is 0.474. The van der Waals surface area contributed by atoms with Crippen molar-refractivity contribution in [3.63, 3.8) is 0 Å². The van der Waals surface area contributed by atoms with E-state index in [-0.39, 0.29) is 0 Å². The lowest BCUT2D eigenvalue weighted by atomic mass is 10.1. The van der Waals surface area contributed by atoms with Crippen LogP contribution in [0.4, 0.5) is 43.9 Å². The zero-order chi connectivity index (χ0) is 26.4. The molecule has 2 rings (SSSR count). The molecule has 0 amide bonds. The van der Waals surface area contributed by atoms with Gasteiger partial charge in [-0.3, -0.25) is 4.79 Å². The predicted molar refractivity (Wildman–Crippen MR) is 92.7 cm³/mol. The maximum atomic E-state index is 14.2. The zero-order valence-corrected chi connectivity index (χ0v) is 17.7. The molecule has 1 aliphatic carbocycles. The number of hydrogen-bond donors (Lipinski definition) is 0. The summed E-state index contributed by atoms with van der Waals surface area (Å²) in [6.45, 7) is -0.451. The van der Waals surface area contributed by atoms with Gasteiger partial charge >= 0.3 is 24.3 Å². The number of benzene rings is 1. The zero-order valence-electron chi connectivity index (χ0n) is 16.9. The molecule has 0 aromatic heterocycles. The molecule has 190 valence electrons. The van der Waals surface area contributed by atoms with Crippen molar-refractivity contribution in [1.29, 1.82) is 0 Å². The summed E-state index contributed by atoms with van der Waals surface area (Å²) < 4.78 is 139. The van der Waals surface area contributed by atoms with E-state index in [0.717, 1.165) is 0 Å². The molecule has 0 aliphatic heterocycles. The van der Waals surface area contributed by atoms with Crippen molar-refractivity contribution in [2.24, 2.45) is 17.3 Å². The van der Waals surface area contributed by atoms with E-state index in [2.05, 4.69) is 9.47 Å². The second-order valence-electron chi connectivity index (χ2n) is 7.73. The minimum Gasteiger partial charge on any atom is -0.460 e. The molecular formula is C19H13ClF10O4. The van der Waals surface area contributed by atoms with Crippen LogP contribution in [0.25, 0.3) is 0 Å². The Kier molecular flexibility index (Phi) is 7.56. The summed E-state index contributed by atoms with van der Waals surface area (Å²) in [6, 6.07) is 0. The highest BCUT2D eigenvalue weighted by Gasteiger charge is 2.62. The monoisotopic (exact) mass is 530 g/mol. The normalized spacial score (nSPS) is 20.2. The lowest BCUT2D eigenvalue weighted by Gasteiger charge is -2.13. The van der Waals surface area contributed by atoms with Gasteiger partial charge in [0.25, 0.3) is 0 Å². The van der Waals surface area contributed by atoms with Crippen LogP contribution >= 0.6 is 11.6 Å². The second-order valence-corrected chi connectivity index (χ2v) is 8.14. The minimum atomic E-state index is -5.54. The first-order valence-electron chi connectivity index (χ1n) is 9.00. The Morgan fingerprint density at radius 3 is 1.65 bits per heavy atom. The van der Waals surface area contributed by atoms with Crippen LogP contribution in [0.5, 0.6) is 0 Å². The molecule has 0 heterocycles. The molecule has 0 spiro atoms. The Balaban J connectivity index is 2.18. The van der Waals surface area contributed by atoms with Gasteiger partial charge < -0.3 is 9.47 Å². The molecule has 2 atom stereocenters. The van der Waals surface area contributed by atoms with Gasteiger partial charge in [0.15, 0.2) is 23.3 Å². The number of carbonyl (C=O) groups is 2. The number of hydrogen-bond acceptors (Lipinski definition) is 4. The van der Waals surface area contributed by atoms with Gasteiger partial charge in [0.1, 0.15) is 18.2 Å². The van der Waals surface area contributed by atoms with Crippen molar-refractivity contribution in [1.82, 2.24) is 0 Å². The summed E-state index contributed by atoms with van der Waals surface area (Å²) in [5.41, 5.74) is -4.23. The average molecular weight is 531 g/mol. The number of carbonyl (C=O) groups excluding carboxylic acids is 2. The van der Waals surface area contributed by atoms with E-state index in [1.54, 1.807) is 0 Å². The van der Waals surface area contributed by atoms with Gasteiger partial charge in [-0.15, -0.1) is 0 Å². The fourth-order valence-corrected chi connectivity index (χ4v) is 3.26. The summed E-state index contributed by atoms with van der Waals surface area (Å²) in [5, 5.41) is -1.51. The summed E-state index contributed by atoms with van der Waals surface area (Å²) in [4.78, 5) is 22.8. The van der Waals surface area contributed by atoms with Crippen LogP contribution < -0.4 is 0 Å². The van der Waals surface area contributed by atoms with Gasteiger partial charge in [-0.1, -0.05) is 31.5 Å². The highest BCUT2D eigenvalue weighted by molar-refractivity contribution is 6.30. The molecule has 34 heavy (non-hydrogen) atoms. The van der Waals surface area contributed by atoms with Gasteiger partial charge in [0, 0.05) is 0 Å². The molecular weight excluding hydrogens is 518 g/mol. The third kappa shape index (κ3) is 5.58. The van der Waals surface area contributed by atoms with Crippen molar-refractivity contribution in [2.75, 3.05) is 0 Å². The molecule has 0 radical (unpaired) electrons. The number of alkyl halides is 6. The minimum absolute atomic E-state index is 0.561. The Morgan fingerprint density at radius 1 is 0.853 bits per heavy atom. The third-order valence-corrected chi connectivity index (χ3v) is 5.48. The van der Waals surface area contributed by atoms with E-state index in [1.165, 1.54) is 13.8 Å². The molecule has 1 aliphatic rings. The molecule has 0 N–H and O–H groups in total. The van der Waals surface area contributed by atoms with Crippen LogP contribution in [0.15, 0.2) is 11.1 Å². The molecule has 1 aromatic carbocycles. The molecule has 0 saturated heterocycles. The van der Waals surface area contributed by atoms with Gasteiger partial charge in [0.2, 0.25) is 0 Å². The van der Waals surface area contributed by atoms with E-state index in [9.17, 15) is 53.5 Å². The van der Waals surface area contributed by atoms with E-state index < -0.39 is 94.2 Å². The predicted octanol–water partition coefficient (Wildman–Crippen LogP) is 5.85. The molecule has 15 heteroatoms. The van der Waals surface area contributed by atoms with Crippen LogP contribution in [0, 0.1) is 40.5 Å². The van der Waals surface area contributed by atoms with Crippen molar-refractivity contribution < 1.29 is 63.0 Å². The number of ether oxygens (including phenoxy) is 2. The maximum absolute atomic E-state index is 14.2. The quantitative estimate of drug-likeness (QED) is 0.263. The number of allylic oxidation sites excluding steroid dienone is 2. The van der Waals surface area contributed by atoms with Gasteiger partial charge in [0.05, 0.1) is 17.0 Å². The highest BCUT2D eigenvalue weighted by atomic mass is 35.5. The standard InChI is InChI=1S/C19H13ClF10O4/c1-17(2)8(3-9(20)18(25,26)27)10(17)15(31)33-4-6-11(21)13(23)7(14(24)12(6)22)5-34-16(32)19(28,29)30/h3,8,10H,4-5H2,1-2H3/t8-,10-/m1/s1. The summed E-state index contributed by atoms with van der Waals surface area (Å²) >= 11 is 5.13. The van der Waals surface area contributed by atoms with Crippen LogP contribution in [0.1, 0.15) is 25.0 Å². The molecule has 1 aromatic rings. The van der Waals surface area contributed by atoms with Crippen molar-refractivity contribution in [2.45, 2.75) is 39.4 Å². The smallest absolute Gasteiger partial charge is 0.460 e. The SMILES string of the molecule is CC1(C)[C@H](C=C(Cl)C(F)(F)F)[C@@H]1C(=O)OCc1c(F)c(F)c(COC(=O)C(F)(F)F)c(F)c1F. The van der Waals surface area contributed by atoms with E-state index in [1.807, 2.05) is 0 Å².